The summed E-state index contributed by atoms with van der Waals surface area (Å²) in [6, 6.07) is 7.71. The number of aromatic nitrogens is 2. The third-order valence-corrected chi connectivity index (χ3v) is 3.79. The van der Waals surface area contributed by atoms with Crippen molar-refractivity contribution in [2.45, 2.75) is 13.0 Å². The number of rotatable bonds is 2. The van der Waals surface area contributed by atoms with Crippen LogP contribution >= 0.6 is 24.0 Å². The van der Waals surface area contributed by atoms with Gasteiger partial charge in [0.1, 0.15) is 0 Å². The van der Waals surface area contributed by atoms with Crippen LogP contribution in [0.1, 0.15) is 17.3 Å². The Morgan fingerprint density at radius 3 is 3.00 bits per heavy atom. The van der Waals surface area contributed by atoms with E-state index in [9.17, 15) is 4.79 Å². The molecule has 0 aliphatic carbocycles. The van der Waals surface area contributed by atoms with Gasteiger partial charge < -0.3 is 10.2 Å². The molecule has 1 aliphatic heterocycles. The molecule has 1 N–H and O–H groups in total. The molecule has 0 radical (unpaired) electrons. The Balaban J connectivity index is 0.00000176. The molecule has 1 amide bonds. The Morgan fingerprint density at radius 1 is 1.45 bits per heavy atom. The largest absolute Gasteiger partial charge is 0.336 e. The van der Waals surface area contributed by atoms with Gasteiger partial charge >= 0.3 is 0 Å². The van der Waals surface area contributed by atoms with Crippen LogP contribution in [0.4, 0.5) is 0 Å². The summed E-state index contributed by atoms with van der Waals surface area (Å²) in [5.41, 5.74) is 1.44. The molecule has 1 unspecified atom stereocenters. The summed E-state index contributed by atoms with van der Waals surface area (Å²) in [6.07, 6.45) is 3.36. The summed E-state index contributed by atoms with van der Waals surface area (Å²) >= 11 is 5.98. The van der Waals surface area contributed by atoms with Crippen molar-refractivity contribution in [1.29, 1.82) is 0 Å². The molecule has 7 heteroatoms. The minimum absolute atomic E-state index is 0. The summed E-state index contributed by atoms with van der Waals surface area (Å²) in [4.78, 5) is 14.3. The molecule has 1 aliphatic rings. The molecule has 1 fully saturated rings. The molecule has 2 heterocycles. The molecular formula is C15H18Cl2N4O. The second kappa shape index (κ2) is 7.13. The maximum absolute atomic E-state index is 12.5. The van der Waals surface area contributed by atoms with Crippen molar-refractivity contribution in [3.63, 3.8) is 0 Å². The maximum Gasteiger partial charge on any atom is 0.257 e. The fraction of sp³-hybridized carbons (Fsp3) is 0.333. The van der Waals surface area contributed by atoms with Crippen molar-refractivity contribution in [3.05, 3.63) is 47.2 Å². The molecule has 5 nitrogen and oxygen atoms in total. The van der Waals surface area contributed by atoms with E-state index in [1.807, 2.05) is 29.2 Å². The highest BCUT2D eigenvalue weighted by atomic mass is 35.5. The Morgan fingerprint density at radius 2 is 2.27 bits per heavy atom. The maximum atomic E-state index is 12.5. The normalized spacial score (nSPS) is 17.9. The van der Waals surface area contributed by atoms with Crippen LogP contribution in [0, 0.1) is 0 Å². The molecule has 2 aromatic rings. The molecule has 1 saturated heterocycles. The molecule has 1 atom stereocenters. The first kappa shape index (κ1) is 16.8. The van der Waals surface area contributed by atoms with Gasteiger partial charge in [-0.3, -0.25) is 4.79 Å². The van der Waals surface area contributed by atoms with E-state index in [0.29, 0.717) is 16.6 Å². The first-order valence-electron chi connectivity index (χ1n) is 6.97. The van der Waals surface area contributed by atoms with Gasteiger partial charge in [0.05, 0.1) is 17.4 Å². The molecule has 3 rings (SSSR count). The van der Waals surface area contributed by atoms with Gasteiger partial charge in [0.15, 0.2) is 0 Å². The van der Waals surface area contributed by atoms with E-state index >= 15 is 0 Å². The van der Waals surface area contributed by atoms with Gasteiger partial charge in [0.2, 0.25) is 0 Å². The molecule has 118 valence electrons. The third-order valence-electron chi connectivity index (χ3n) is 3.56. The Kier molecular flexibility index (Phi) is 5.45. The van der Waals surface area contributed by atoms with E-state index < -0.39 is 0 Å². The number of nitrogens with zero attached hydrogens (tertiary/aromatic N) is 3. The van der Waals surface area contributed by atoms with Crippen LogP contribution in [0.2, 0.25) is 5.02 Å². The van der Waals surface area contributed by atoms with Gasteiger partial charge in [0.25, 0.3) is 5.91 Å². The zero-order valence-electron chi connectivity index (χ0n) is 12.2. The fourth-order valence-electron chi connectivity index (χ4n) is 2.49. The summed E-state index contributed by atoms with van der Waals surface area (Å²) in [7, 11) is 0. The molecule has 0 saturated carbocycles. The lowest BCUT2D eigenvalue weighted by Gasteiger charge is -2.31. The second-order valence-corrected chi connectivity index (χ2v) is 5.70. The number of amides is 1. The zero-order chi connectivity index (χ0) is 14.8. The van der Waals surface area contributed by atoms with Crippen LogP contribution < -0.4 is 5.32 Å². The quantitative estimate of drug-likeness (QED) is 0.913. The highest BCUT2D eigenvalue weighted by Crippen LogP contribution is 2.15. The smallest absolute Gasteiger partial charge is 0.257 e. The number of carbonyl (C=O) groups excluding carboxylic acids is 1. The predicted octanol–water partition coefficient (Wildman–Crippen LogP) is 2.38. The standard InChI is InChI=1S/C15H17ClN4O.ClH/c1-11-9-19(6-5-17-11)15(21)12-8-18-20(10-12)14-4-2-3-13(16)7-14;/h2-4,7-8,10-11,17H,5-6,9H2,1H3;1H. The second-order valence-electron chi connectivity index (χ2n) is 5.26. The van der Waals surface area contributed by atoms with Crippen molar-refractivity contribution in [2.75, 3.05) is 19.6 Å². The van der Waals surface area contributed by atoms with E-state index in [4.69, 9.17) is 11.6 Å². The van der Waals surface area contributed by atoms with Crippen LogP contribution in [0.5, 0.6) is 0 Å². The van der Waals surface area contributed by atoms with Crippen molar-refractivity contribution >= 4 is 29.9 Å². The number of hydrogen-bond donors (Lipinski definition) is 1. The molecule has 1 aromatic heterocycles. The number of halogens is 2. The summed E-state index contributed by atoms with van der Waals surface area (Å²) in [5, 5.41) is 8.23. The molecular weight excluding hydrogens is 323 g/mol. The lowest BCUT2D eigenvalue weighted by Crippen LogP contribution is -2.51. The highest BCUT2D eigenvalue weighted by Gasteiger charge is 2.22. The molecule has 1 aromatic carbocycles. The Bertz CT molecular complexity index is 658. The SMILES string of the molecule is CC1CN(C(=O)c2cnn(-c3cccc(Cl)c3)c2)CCN1.Cl. The fourth-order valence-corrected chi connectivity index (χ4v) is 2.68. The van der Waals surface area contributed by atoms with Crippen LogP contribution in [-0.2, 0) is 0 Å². The molecule has 22 heavy (non-hydrogen) atoms. The van der Waals surface area contributed by atoms with E-state index in [-0.39, 0.29) is 18.3 Å². The van der Waals surface area contributed by atoms with Gasteiger partial charge in [-0.25, -0.2) is 4.68 Å². The van der Waals surface area contributed by atoms with Gasteiger partial charge in [-0.1, -0.05) is 17.7 Å². The van der Waals surface area contributed by atoms with E-state index in [1.54, 1.807) is 17.1 Å². The third kappa shape index (κ3) is 3.61. The van der Waals surface area contributed by atoms with Crippen LogP contribution in [0.25, 0.3) is 5.69 Å². The van der Waals surface area contributed by atoms with Crippen LogP contribution in [0.3, 0.4) is 0 Å². The Hall–Kier alpha value is -1.56. The average molecular weight is 341 g/mol. The molecule has 0 spiro atoms. The number of benzene rings is 1. The summed E-state index contributed by atoms with van der Waals surface area (Å²) in [6.45, 7) is 4.36. The first-order valence-corrected chi connectivity index (χ1v) is 7.34. The van der Waals surface area contributed by atoms with Crippen molar-refractivity contribution < 1.29 is 4.79 Å². The van der Waals surface area contributed by atoms with Crippen LogP contribution in [-0.4, -0.2) is 46.3 Å². The van der Waals surface area contributed by atoms with Gasteiger partial charge in [-0.2, -0.15) is 5.10 Å². The van der Waals surface area contributed by atoms with Crippen molar-refractivity contribution in [1.82, 2.24) is 20.0 Å². The zero-order valence-corrected chi connectivity index (χ0v) is 13.8. The van der Waals surface area contributed by atoms with E-state index in [2.05, 4.69) is 17.3 Å². The number of nitrogens with one attached hydrogen (secondary N) is 1. The number of hydrogen-bond acceptors (Lipinski definition) is 3. The molecule has 0 bridgehead atoms. The predicted molar refractivity (Wildman–Crippen MR) is 89.2 cm³/mol. The number of carbonyl (C=O) groups is 1. The topological polar surface area (TPSA) is 50.2 Å². The first-order chi connectivity index (χ1) is 10.1. The van der Waals surface area contributed by atoms with Crippen molar-refractivity contribution in [2.24, 2.45) is 0 Å². The van der Waals surface area contributed by atoms with Gasteiger partial charge in [-0.05, 0) is 25.1 Å². The van der Waals surface area contributed by atoms with Gasteiger partial charge in [-0.15, -0.1) is 12.4 Å². The number of piperazine rings is 1. The summed E-state index contributed by atoms with van der Waals surface area (Å²) < 4.78 is 1.67. The minimum atomic E-state index is 0. The average Bonchev–Trinajstić information content (AvgIpc) is 2.96. The highest BCUT2D eigenvalue weighted by molar-refractivity contribution is 6.30. The lowest BCUT2D eigenvalue weighted by atomic mass is 10.2. The van der Waals surface area contributed by atoms with E-state index in [1.165, 1.54) is 0 Å². The summed E-state index contributed by atoms with van der Waals surface area (Å²) in [5.74, 6) is 0.0247. The van der Waals surface area contributed by atoms with E-state index in [0.717, 1.165) is 25.3 Å². The minimum Gasteiger partial charge on any atom is -0.336 e. The van der Waals surface area contributed by atoms with Crippen molar-refractivity contribution in [3.8, 4) is 5.69 Å². The lowest BCUT2D eigenvalue weighted by molar-refractivity contribution is 0.0709. The van der Waals surface area contributed by atoms with Gasteiger partial charge in [0, 0.05) is 36.9 Å². The Labute approximate surface area is 140 Å². The monoisotopic (exact) mass is 340 g/mol. The van der Waals surface area contributed by atoms with Crippen LogP contribution in [0.15, 0.2) is 36.7 Å².